The summed E-state index contributed by atoms with van der Waals surface area (Å²) in [5.74, 6) is 0.948. The molecule has 118 valence electrons. The molecule has 4 heteroatoms. The van der Waals surface area contributed by atoms with Gasteiger partial charge in [-0.2, -0.15) is 5.10 Å². The molecule has 1 heterocycles. The number of aromatic nitrogens is 2. The third-order valence-corrected chi connectivity index (χ3v) is 4.10. The second kappa shape index (κ2) is 6.86. The Bertz CT molecular complexity index is 636. The summed E-state index contributed by atoms with van der Waals surface area (Å²) in [6.07, 6.45) is 0.887. The van der Waals surface area contributed by atoms with Crippen LogP contribution in [0.2, 0.25) is 0 Å². The van der Waals surface area contributed by atoms with Gasteiger partial charge in [0.05, 0.1) is 11.7 Å². The molecule has 0 saturated carbocycles. The van der Waals surface area contributed by atoms with Gasteiger partial charge in [-0.1, -0.05) is 32.9 Å². The van der Waals surface area contributed by atoms with Crippen molar-refractivity contribution in [3.63, 3.8) is 0 Å². The molecule has 0 spiro atoms. The fourth-order valence-electron chi connectivity index (χ4n) is 2.59. The first-order valence-corrected chi connectivity index (χ1v) is 7.79. The van der Waals surface area contributed by atoms with Gasteiger partial charge >= 0.3 is 0 Å². The normalized spacial score (nSPS) is 12.5. The van der Waals surface area contributed by atoms with E-state index in [9.17, 15) is 4.39 Å². The number of benzene rings is 1. The van der Waals surface area contributed by atoms with E-state index in [-0.39, 0.29) is 11.9 Å². The zero-order valence-electron chi connectivity index (χ0n) is 13.9. The van der Waals surface area contributed by atoms with Crippen LogP contribution in [0.25, 0.3) is 0 Å². The van der Waals surface area contributed by atoms with Crippen LogP contribution in [0.5, 0.6) is 0 Å². The SMILES string of the molecule is CC[C@@H](Nc1nnc(C(C)C)c(C)c1C)c1ccc(F)cc1. The number of nitrogens with zero attached hydrogens (tertiary/aromatic N) is 2. The smallest absolute Gasteiger partial charge is 0.152 e. The van der Waals surface area contributed by atoms with E-state index in [0.717, 1.165) is 29.1 Å². The summed E-state index contributed by atoms with van der Waals surface area (Å²) in [5.41, 5.74) is 4.40. The van der Waals surface area contributed by atoms with Gasteiger partial charge in [-0.25, -0.2) is 4.39 Å². The molecule has 1 aromatic heterocycles. The highest BCUT2D eigenvalue weighted by Crippen LogP contribution is 2.27. The molecule has 0 unspecified atom stereocenters. The van der Waals surface area contributed by atoms with Gasteiger partial charge in [0, 0.05) is 0 Å². The van der Waals surface area contributed by atoms with E-state index in [1.165, 1.54) is 17.7 Å². The highest BCUT2D eigenvalue weighted by Gasteiger charge is 2.16. The quantitative estimate of drug-likeness (QED) is 0.852. The summed E-state index contributed by atoms with van der Waals surface area (Å²) in [6.45, 7) is 10.5. The van der Waals surface area contributed by atoms with Crippen molar-refractivity contribution >= 4 is 5.82 Å². The largest absolute Gasteiger partial charge is 0.362 e. The van der Waals surface area contributed by atoms with Gasteiger partial charge in [-0.05, 0) is 55.0 Å². The van der Waals surface area contributed by atoms with E-state index >= 15 is 0 Å². The number of rotatable bonds is 5. The van der Waals surface area contributed by atoms with Crippen molar-refractivity contribution < 1.29 is 4.39 Å². The van der Waals surface area contributed by atoms with Crippen LogP contribution in [0.3, 0.4) is 0 Å². The standard InChI is InChI=1S/C18H24FN3/c1-6-16(14-7-9-15(19)10-8-14)20-18-13(5)12(4)17(11(2)3)21-22-18/h7-11,16H,6H2,1-5H3,(H,20,22)/t16-/m1/s1. The molecule has 1 atom stereocenters. The first-order chi connectivity index (χ1) is 10.4. The lowest BCUT2D eigenvalue weighted by molar-refractivity contribution is 0.625. The molecule has 0 radical (unpaired) electrons. The molecule has 2 rings (SSSR count). The van der Waals surface area contributed by atoms with Crippen LogP contribution < -0.4 is 5.32 Å². The van der Waals surface area contributed by atoms with Crippen molar-refractivity contribution in [2.24, 2.45) is 0 Å². The van der Waals surface area contributed by atoms with Crippen molar-refractivity contribution in [1.82, 2.24) is 10.2 Å². The van der Waals surface area contributed by atoms with Gasteiger partial charge in [-0.3, -0.25) is 0 Å². The second-order valence-electron chi connectivity index (χ2n) is 6.00. The van der Waals surface area contributed by atoms with Crippen molar-refractivity contribution in [1.29, 1.82) is 0 Å². The Balaban J connectivity index is 2.28. The van der Waals surface area contributed by atoms with Gasteiger partial charge in [0.25, 0.3) is 0 Å². The Morgan fingerprint density at radius 2 is 1.68 bits per heavy atom. The monoisotopic (exact) mass is 301 g/mol. The third kappa shape index (κ3) is 3.43. The Kier molecular flexibility index (Phi) is 5.11. The number of anilines is 1. The minimum atomic E-state index is -0.216. The van der Waals surface area contributed by atoms with Crippen molar-refractivity contribution in [2.75, 3.05) is 5.32 Å². The summed E-state index contributed by atoms with van der Waals surface area (Å²) in [5, 5.41) is 12.2. The van der Waals surface area contributed by atoms with Crippen molar-refractivity contribution in [3.05, 3.63) is 52.5 Å². The fraction of sp³-hybridized carbons (Fsp3) is 0.444. The molecule has 0 aliphatic rings. The summed E-state index contributed by atoms with van der Waals surface area (Å²) in [7, 11) is 0. The molecule has 0 saturated heterocycles. The highest BCUT2D eigenvalue weighted by atomic mass is 19.1. The Morgan fingerprint density at radius 3 is 2.23 bits per heavy atom. The molecule has 0 fully saturated rings. The molecule has 2 aromatic rings. The van der Waals surface area contributed by atoms with Gasteiger partial charge in [-0.15, -0.1) is 5.10 Å². The van der Waals surface area contributed by atoms with Crippen LogP contribution in [-0.2, 0) is 0 Å². The van der Waals surface area contributed by atoms with E-state index in [0.29, 0.717) is 5.92 Å². The van der Waals surface area contributed by atoms with Gasteiger partial charge in [0.1, 0.15) is 5.82 Å². The minimum absolute atomic E-state index is 0.0953. The van der Waals surface area contributed by atoms with Crippen LogP contribution in [0.1, 0.15) is 61.5 Å². The lowest BCUT2D eigenvalue weighted by atomic mass is 10.0. The number of nitrogens with one attached hydrogen (secondary N) is 1. The highest BCUT2D eigenvalue weighted by molar-refractivity contribution is 5.49. The van der Waals surface area contributed by atoms with Gasteiger partial charge in [0.2, 0.25) is 0 Å². The molecule has 0 amide bonds. The molecule has 0 aliphatic carbocycles. The van der Waals surface area contributed by atoms with E-state index in [2.05, 4.69) is 50.1 Å². The summed E-state index contributed by atoms with van der Waals surface area (Å²) < 4.78 is 13.1. The van der Waals surface area contributed by atoms with Crippen LogP contribution >= 0.6 is 0 Å². The molecular formula is C18H24FN3. The average Bonchev–Trinajstić information content (AvgIpc) is 2.49. The minimum Gasteiger partial charge on any atom is -0.362 e. The topological polar surface area (TPSA) is 37.8 Å². The van der Waals surface area contributed by atoms with Gasteiger partial charge < -0.3 is 5.32 Å². The first-order valence-electron chi connectivity index (χ1n) is 7.79. The number of hydrogen-bond donors (Lipinski definition) is 1. The van der Waals surface area contributed by atoms with E-state index in [1.54, 1.807) is 0 Å². The summed E-state index contributed by atoms with van der Waals surface area (Å²) >= 11 is 0. The maximum Gasteiger partial charge on any atom is 0.152 e. The van der Waals surface area contributed by atoms with Gasteiger partial charge in [0.15, 0.2) is 5.82 Å². The molecular weight excluding hydrogens is 277 g/mol. The predicted molar refractivity (Wildman–Crippen MR) is 88.6 cm³/mol. The van der Waals surface area contributed by atoms with E-state index in [1.807, 2.05) is 12.1 Å². The fourth-order valence-corrected chi connectivity index (χ4v) is 2.59. The summed E-state index contributed by atoms with van der Waals surface area (Å²) in [4.78, 5) is 0. The van der Waals surface area contributed by atoms with Crippen LogP contribution in [0.15, 0.2) is 24.3 Å². The van der Waals surface area contributed by atoms with E-state index in [4.69, 9.17) is 0 Å². The predicted octanol–water partition coefficient (Wildman–Crippen LogP) is 4.92. The first kappa shape index (κ1) is 16.4. The molecule has 22 heavy (non-hydrogen) atoms. The van der Waals surface area contributed by atoms with Crippen LogP contribution in [0, 0.1) is 19.7 Å². The Hall–Kier alpha value is -1.97. The Labute approximate surface area is 132 Å². The number of halogens is 1. The average molecular weight is 301 g/mol. The molecule has 0 bridgehead atoms. The maximum absolute atomic E-state index is 13.1. The summed E-state index contributed by atoms with van der Waals surface area (Å²) in [6, 6.07) is 6.71. The van der Waals surface area contributed by atoms with Crippen molar-refractivity contribution in [2.45, 2.75) is 53.0 Å². The molecule has 3 nitrogen and oxygen atoms in total. The Morgan fingerprint density at radius 1 is 1.05 bits per heavy atom. The third-order valence-electron chi connectivity index (χ3n) is 4.10. The lowest BCUT2D eigenvalue weighted by Gasteiger charge is -2.21. The molecule has 0 aliphatic heterocycles. The second-order valence-corrected chi connectivity index (χ2v) is 6.00. The maximum atomic E-state index is 13.1. The lowest BCUT2D eigenvalue weighted by Crippen LogP contribution is -2.14. The van der Waals surface area contributed by atoms with Crippen molar-refractivity contribution in [3.8, 4) is 0 Å². The zero-order valence-corrected chi connectivity index (χ0v) is 13.9. The molecule has 1 N–H and O–H groups in total. The van der Waals surface area contributed by atoms with Crippen LogP contribution in [-0.4, -0.2) is 10.2 Å². The van der Waals surface area contributed by atoms with E-state index < -0.39 is 0 Å². The zero-order chi connectivity index (χ0) is 16.3. The number of hydrogen-bond acceptors (Lipinski definition) is 3. The van der Waals surface area contributed by atoms with Crippen LogP contribution in [0.4, 0.5) is 10.2 Å². The molecule has 1 aromatic carbocycles.